The van der Waals surface area contributed by atoms with Crippen LogP contribution in [-0.4, -0.2) is 19.8 Å². The third-order valence-electron chi connectivity index (χ3n) is 2.79. The summed E-state index contributed by atoms with van der Waals surface area (Å²) in [5, 5.41) is 0. The zero-order chi connectivity index (χ0) is 10.7. The first-order valence-corrected chi connectivity index (χ1v) is 5.30. The average molecular weight is 207 g/mol. The Morgan fingerprint density at radius 3 is 3.07 bits per heavy atom. The molecule has 82 valence electrons. The second-order valence-electron chi connectivity index (χ2n) is 3.92. The van der Waals surface area contributed by atoms with Crippen LogP contribution in [0.15, 0.2) is 24.3 Å². The lowest BCUT2D eigenvalue weighted by Gasteiger charge is -2.27. The van der Waals surface area contributed by atoms with Gasteiger partial charge in [0.15, 0.2) is 0 Å². The fraction of sp³-hybridized carbons (Fsp3) is 0.500. The Morgan fingerprint density at radius 2 is 2.33 bits per heavy atom. The van der Waals surface area contributed by atoms with Gasteiger partial charge in [-0.2, -0.15) is 0 Å². The number of ether oxygens (including phenoxy) is 2. The van der Waals surface area contributed by atoms with Crippen LogP contribution in [0.2, 0.25) is 0 Å². The molecular weight excluding hydrogens is 190 g/mol. The molecule has 0 aromatic heterocycles. The molecule has 2 unspecified atom stereocenters. The smallest absolute Gasteiger partial charge is 0.119 e. The van der Waals surface area contributed by atoms with Gasteiger partial charge in [0.05, 0.1) is 13.2 Å². The summed E-state index contributed by atoms with van der Waals surface area (Å²) in [4.78, 5) is 0. The van der Waals surface area contributed by atoms with Gasteiger partial charge in [-0.1, -0.05) is 12.1 Å². The van der Waals surface area contributed by atoms with Crippen molar-refractivity contribution in [2.45, 2.75) is 25.0 Å². The summed E-state index contributed by atoms with van der Waals surface area (Å²) in [5.41, 5.74) is 7.08. The van der Waals surface area contributed by atoms with Crippen molar-refractivity contribution in [3.8, 4) is 5.75 Å². The molecule has 0 bridgehead atoms. The second-order valence-corrected chi connectivity index (χ2v) is 3.92. The van der Waals surface area contributed by atoms with E-state index in [1.807, 2.05) is 18.2 Å². The molecule has 1 fully saturated rings. The predicted octanol–water partition coefficient (Wildman–Crippen LogP) is 1.87. The Hall–Kier alpha value is -1.06. The Kier molecular flexibility index (Phi) is 3.23. The maximum atomic E-state index is 5.92. The molecule has 1 aliphatic rings. The quantitative estimate of drug-likeness (QED) is 0.805. The summed E-state index contributed by atoms with van der Waals surface area (Å²) in [5.74, 6) is 0.871. The summed E-state index contributed by atoms with van der Waals surface area (Å²) in [7, 11) is 1.67. The van der Waals surface area contributed by atoms with E-state index in [2.05, 4.69) is 6.07 Å². The van der Waals surface area contributed by atoms with E-state index in [0.717, 1.165) is 30.8 Å². The van der Waals surface area contributed by atoms with Gasteiger partial charge in [-0.15, -0.1) is 0 Å². The number of hydrogen-bond donors (Lipinski definition) is 1. The van der Waals surface area contributed by atoms with Crippen LogP contribution >= 0.6 is 0 Å². The fourth-order valence-electron chi connectivity index (χ4n) is 1.90. The monoisotopic (exact) mass is 207 g/mol. The summed E-state index contributed by atoms with van der Waals surface area (Å²) < 4.78 is 10.9. The molecule has 3 heteroatoms. The molecule has 1 heterocycles. The molecule has 0 radical (unpaired) electrons. The first-order chi connectivity index (χ1) is 7.29. The molecule has 0 aliphatic carbocycles. The number of benzene rings is 1. The van der Waals surface area contributed by atoms with Crippen molar-refractivity contribution in [3.05, 3.63) is 29.8 Å². The van der Waals surface area contributed by atoms with E-state index >= 15 is 0 Å². The van der Waals surface area contributed by atoms with Gasteiger partial charge in [-0.05, 0) is 30.5 Å². The highest BCUT2D eigenvalue weighted by molar-refractivity contribution is 5.30. The predicted molar refractivity (Wildman–Crippen MR) is 58.9 cm³/mol. The zero-order valence-corrected chi connectivity index (χ0v) is 8.98. The summed E-state index contributed by atoms with van der Waals surface area (Å²) in [6.45, 7) is 0.753. The van der Waals surface area contributed by atoms with Crippen molar-refractivity contribution in [1.82, 2.24) is 0 Å². The number of nitrogens with two attached hydrogens (primary N) is 1. The second kappa shape index (κ2) is 4.64. The molecule has 2 atom stereocenters. The van der Waals surface area contributed by atoms with Gasteiger partial charge in [0.2, 0.25) is 0 Å². The van der Waals surface area contributed by atoms with Gasteiger partial charge < -0.3 is 15.2 Å². The SMILES string of the molecule is COc1cccc(C2CC(N)CCO2)c1. The van der Waals surface area contributed by atoms with Gasteiger partial charge in [-0.25, -0.2) is 0 Å². The Labute approximate surface area is 90.2 Å². The van der Waals surface area contributed by atoms with Crippen LogP contribution in [0, 0.1) is 0 Å². The van der Waals surface area contributed by atoms with E-state index in [4.69, 9.17) is 15.2 Å². The standard InChI is InChI=1S/C12H17NO2/c1-14-11-4-2-3-9(7-11)12-8-10(13)5-6-15-12/h2-4,7,10,12H,5-6,8,13H2,1H3. The van der Waals surface area contributed by atoms with Crippen molar-refractivity contribution in [2.75, 3.05) is 13.7 Å². The molecule has 15 heavy (non-hydrogen) atoms. The van der Waals surface area contributed by atoms with Crippen LogP contribution in [0.5, 0.6) is 5.75 Å². The highest BCUT2D eigenvalue weighted by Gasteiger charge is 2.21. The van der Waals surface area contributed by atoms with Crippen LogP contribution < -0.4 is 10.5 Å². The normalized spacial score (nSPS) is 26.3. The fourth-order valence-corrected chi connectivity index (χ4v) is 1.90. The molecule has 1 aliphatic heterocycles. The van der Waals surface area contributed by atoms with Crippen LogP contribution in [0.25, 0.3) is 0 Å². The van der Waals surface area contributed by atoms with Crippen molar-refractivity contribution >= 4 is 0 Å². The van der Waals surface area contributed by atoms with Crippen molar-refractivity contribution < 1.29 is 9.47 Å². The van der Waals surface area contributed by atoms with E-state index in [1.54, 1.807) is 7.11 Å². The highest BCUT2D eigenvalue weighted by Crippen LogP contribution is 2.29. The van der Waals surface area contributed by atoms with Crippen LogP contribution in [-0.2, 0) is 4.74 Å². The lowest BCUT2D eigenvalue weighted by Crippen LogP contribution is -2.30. The number of methoxy groups -OCH3 is 1. The van der Waals surface area contributed by atoms with Gasteiger partial charge in [-0.3, -0.25) is 0 Å². The third kappa shape index (κ3) is 2.49. The first kappa shape index (κ1) is 10.5. The summed E-state index contributed by atoms with van der Waals surface area (Å²) >= 11 is 0. The number of rotatable bonds is 2. The van der Waals surface area contributed by atoms with E-state index in [1.165, 1.54) is 0 Å². The molecule has 2 N–H and O–H groups in total. The maximum absolute atomic E-state index is 5.92. The maximum Gasteiger partial charge on any atom is 0.119 e. The summed E-state index contributed by atoms with van der Waals surface area (Å²) in [6, 6.07) is 8.26. The van der Waals surface area contributed by atoms with Gasteiger partial charge in [0, 0.05) is 12.6 Å². The van der Waals surface area contributed by atoms with Crippen molar-refractivity contribution in [2.24, 2.45) is 5.73 Å². The van der Waals surface area contributed by atoms with Crippen LogP contribution in [0.1, 0.15) is 24.5 Å². The van der Waals surface area contributed by atoms with E-state index in [9.17, 15) is 0 Å². The lowest BCUT2D eigenvalue weighted by atomic mass is 9.98. The largest absolute Gasteiger partial charge is 0.497 e. The van der Waals surface area contributed by atoms with Crippen molar-refractivity contribution in [1.29, 1.82) is 0 Å². The van der Waals surface area contributed by atoms with Crippen LogP contribution in [0.4, 0.5) is 0 Å². The molecular formula is C12H17NO2. The Morgan fingerprint density at radius 1 is 1.47 bits per heavy atom. The van der Waals surface area contributed by atoms with Crippen LogP contribution in [0.3, 0.4) is 0 Å². The molecule has 0 spiro atoms. The van der Waals surface area contributed by atoms with Gasteiger partial charge >= 0.3 is 0 Å². The Bertz CT molecular complexity index is 327. The molecule has 1 saturated heterocycles. The minimum Gasteiger partial charge on any atom is -0.497 e. The first-order valence-electron chi connectivity index (χ1n) is 5.30. The minimum absolute atomic E-state index is 0.129. The minimum atomic E-state index is 0.129. The third-order valence-corrected chi connectivity index (χ3v) is 2.79. The topological polar surface area (TPSA) is 44.5 Å². The van der Waals surface area contributed by atoms with Gasteiger partial charge in [0.1, 0.15) is 5.75 Å². The highest BCUT2D eigenvalue weighted by atomic mass is 16.5. The van der Waals surface area contributed by atoms with Gasteiger partial charge in [0.25, 0.3) is 0 Å². The molecule has 0 amide bonds. The van der Waals surface area contributed by atoms with E-state index in [0.29, 0.717) is 0 Å². The zero-order valence-electron chi connectivity index (χ0n) is 8.98. The molecule has 1 aromatic rings. The van der Waals surface area contributed by atoms with E-state index in [-0.39, 0.29) is 12.1 Å². The summed E-state index contributed by atoms with van der Waals surface area (Å²) in [6.07, 6.45) is 1.98. The molecule has 2 rings (SSSR count). The molecule has 3 nitrogen and oxygen atoms in total. The Balaban J connectivity index is 2.13. The molecule has 1 aromatic carbocycles. The van der Waals surface area contributed by atoms with Crippen molar-refractivity contribution in [3.63, 3.8) is 0 Å². The average Bonchev–Trinajstić information content (AvgIpc) is 2.29. The molecule has 0 saturated carbocycles. The van der Waals surface area contributed by atoms with E-state index < -0.39 is 0 Å². The number of hydrogen-bond acceptors (Lipinski definition) is 3. The lowest BCUT2D eigenvalue weighted by molar-refractivity contribution is 0.00657.